The number of amides is 1. The molecular weight excluding hydrogens is 318 g/mol. The minimum absolute atomic E-state index is 0.0166. The smallest absolute Gasteiger partial charge is 0.387 e. The van der Waals surface area contributed by atoms with Crippen molar-refractivity contribution in [3.8, 4) is 5.75 Å². The van der Waals surface area contributed by atoms with E-state index in [-0.39, 0.29) is 11.7 Å². The molecule has 1 aromatic rings. The third-order valence-electron chi connectivity index (χ3n) is 3.78. The van der Waals surface area contributed by atoms with Gasteiger partial charge in [0.05, 0.1) is 6.21 Å². The lowest BCUT2D eigenvalue weighted by Gasteiger charge is -2.32. The number of piperazine rings is 1. The van der Waals surface area contributed by atoms with E-state index in [4.69, 9.17) is 0 Å². The molecule has 0 bridgehead atoms. The van der Waals surface area contributed by atoms with Gasteiger partial charge in [-0.05, 0) is 19.2 Å². The first-order valence-electron chi connectivity index (χ1n) is 7.81. The molecule has 0 aromatic heterocycles. The third-order valence-corrected chi connectivity index (χ3v) is 3.78. The third kappa shape index (κ3) is 6.21. The van der Waals surface area contributed by atoms with Gasteiger partial charge in [0.15, 0.2) is 0 Å². The summed E-state index contributed by atoms with van der Waals surface area (Å²) in [6.07, 6.45) is 1.64. The maximum absolute atomic E-state index is 12.3. The normalized spacial score (nSPS) is 16.7. The second-order valence-electron chi connectivity index (χ2n) is 5.60. The molecule has 6 nitrogen and oxygen atoms in total. The van der Waals surface area contributed by atoms with Crippen LogP contribution in [0.15, 0.2) is 29.4 Å². The number of benzene rings is 1. The first-order chi connectivity index (χ1) is 11.5. The summed E-state index contributed by atoms with van der Waals surface area (Å²) >= 11 is 0. The zero-order valence-electron chi connectivity index (χ0n) is 13.6. The Labute approximate surface area is 140 Å². The average Bonchev–Trinajstić information content (AvgIpc) is 2.55. The summed E-state index contributed by atoms with van der Waals surface area (Å²) in [6.45, 7) is 1.68. The number of carbonyl (C=O) groups is 1. The van der Waals surface area contributed by atoms with Crippen LogP contribution in [0.4, 0.5) is 8.78 Å². The zero-order chi connectivity index (χ0) is 17.4. The highest BCUT2D eigenvalue weighted by atomic mass is 19.3. The van der Waals surface area contributed by atoms with Crippen molar-refractivity contribution >= 4 is 12.1 Å². The molecule has 8 heteroatoms. The number of alkyl halides is 2. The van der Waals surface area contributed by atoms with Crippen molar-refractivity contribution in [1.82, 2.24) is 15.2 Å². The van der Waals surface area contributed by atoms with Gasteiger partial charge in [-0.25, -0.2) is 5.43 Å². The summed E-state index contributed by atoms with van der Waals surface area (Å²) in [5, 5.41) is 3.81. The second-order valence-corrected chi connectivity index (χ2v) is 5.60. The molecule has 1 fully saturated rings. The van der Waals surface area contributed by atoms with Gasteiger partial charge in [-0.3, -0.25) is 4.79 Å². The molecule has 0 unspecified atom stereocenters. The molecule has 1 amide bonds. The molecule has 132 valence electrons. The molecule has 24 heavy (non-hydrogen) atoms. The zero-order valence-corrected chi connectivity index (χ0v) is 13.6. The van der Waals surface area contributed by atoms with Gasteiger partial charge in [-0.2, -0.15) is 13.9 Å². The van der Waals surface area contributed by atoms with Crippen LogP contribution in [0.2, 0.25) is 0 Å². The number of halogens is 2. The van der Waals surface area contributed by atoms with Gasteiger partial charge in [-0.1, -0.05) is 12.1 Å². The summed E-state index contributed by atoms with van der Waals surface area (Å²) in [5.41, 5.74) is 2.78. The van der Waals surface area contributed by atoms with Crippen LogP contribution >= 0.6 is 0 Å². The Morgan fingerprint density at radius 2 is 2.04 bits per heavy atom. The molecule has 2 rings (SSSR count). The molecule has 1 heterocycles. The van der Waals surface area contributed by atoms with E-state index in [1.807, 2.05) is 0 Å². The van der Waals surface area contributed by atoms with Crippen molar-refractivity contribution in [2.24, 2.45) is 5.10 Å². The maximum Gasteiger partial charge on any atom is 0.387 e. The van der Waals surface area contributed by atoms with Crippen LogP contribution in [0.25, 0.3) is 0 Å². The van der Waals surface area contributed by atoms with E-state index < -0.39 is 6.61 Å². The van der Waals surface area contributed by atoms with E-state index in [1.54, 1.807) is 18.2 Å². The standard InChI is InChI=1S/C16H22F2N4O2/c1-21-8-10-22(11-9-21)7-6-15(23)20-19-12-13-4-2-3-5-14(13)24-16(17)18/h2-5,12,16H,6-11H2,1H3,(H,20,23)/b19-12-. The van der Waals surface area contributed by atoms with Gasteiger partial charge in [0.25, 0.3) is 0 Å². The molecular formula is C16H22F2N4O2. The van der Waals surface area contributed by atoms with Gasteiger partial charge < -0.3 is 14.5 Å². The van der Waals surface area contributed by atoms with Crippen molar-refractivity contribution < 1.29 is 18.3 Å². The number of hydrogen-bond donors (Lipinski definition) is 1. The van der Waals surface area contributed by atoms with Gasteiger partial charge in [-0.15, -0.1) is 0 Å². The molecule has 0 radical (unpaired) electrons. The van der Waals surface area contributed by atoms with Crippen molar-refractivity contribution in [3.05, 3.63) is 29.8 Å². The number of para-hydroxylation sites is 1. The van der Waals surface area contributed by atoms with Gasteiger partial charge in [0, 0.05) is 44.7 Å². The van der Waals surface area contributed by atoms with E-state index >= 15 is 0 Å². The number of likely N-dealkylation sites (N-methyl/N-ethyl adjacent to an activating group) is 1. The predicted octanol–water partition coefficient (Wildman–Crippen LogP) is 1.38. The van der Waals surface area contributed by atoms with Crippen LogP contribution in [-0.4, -0.2) is 68.3 Å². The van der Waals surface area contributed by atoms with Crippen LogP contribution < -0.4 is 10.2 Å². The Morgan fingerprint density at radius 3 is 2.75 bits per heavy atom. The van der Waals surface area contributed by atoms with Gasteiger partial charge in [0.1, 0.15) is 5.75 Å². The predicted molar refractivity (Wildman–Crippen MR) is 87.4 cm³/mol. The number of ether oxygens (including phenoxy) is 1. The topological polar surface area (TPSA) is 57.2 Å². The summed E-state index contributed by atoms with van der Waals surface area (Å²) in [5.74, 6) is -0.194. The van der Waals surface area contributed by atoms with Gasteiger partial charge >= 0.3 is 6.61 Å². The summed E-state index contributed by atoms with van der Waals surface area (Å²) in [7, 11) is 2.08. The minimum atomic E-state index is -2.90. The number of nitrogens with zero attached hydrogens (tertiary/aromatic N) is 3. The Balaban J connectivity index is 1.76. The molecule has 1 saturated heterocycles. The quantitative estimate of drug-likeness (QED) is 0.602. The van der Waals surface area contributed by atoms with Crippen LogP contribution in [0, 0.1) is 0 Å². The molecule has 1 aliphatic rings. The first-order valence-corrected chi connectivity index (χ1v) is 7.81. The lowest BCUT2D eigenvalue weighted by Crippen LogP contribution is -2.45. The summed E-state index contributed by atoms with van der Waals surface area (Å²) < 4.78 is 29.0. The molecule has 1 aromatic carbocycles. The number of hydrazone groups is 1. The van der Waals surface area contributed by atoms with E-state index in [0.29, 0.717) is 18.5 Å². The number of hydrogen-bond acceptors (Lipinski definition) is 5. The summed E-state index contributed by atoms with van der Waals surface area (Å²) in [4.78, 5) is 16.3. The molecule has 0 atom stereocenters. The fourth-order valence-electron chi connectivity index (χ4n) is 2.35. The monoisotopic (exact) mass is 340 g/mol. The first kappa shape index (κ1) is 18.3. The highest BCUT2D eigenvalue weighted by Gasteiger charge is 2.14. The highest BCUT2D eigenvalue weighted by Crippen LogP contribution is 2.18. The second kappa shape index (κ2) is 9.29. The highest BCUT2D eigenvalue weighted by molar-refractivity contribution is 5.85. The van der Waals surface area contributed by atoms with Crippen LogP contribution in [0.3, 0.4) is 0 Å². The molecule has 0 saturated carbocycles. The molecule has 0 spiro atoms. The average molecular weight is 340 g/mol. The number of carbonyl (C=O) groups excluding carboxylic acids is 1. The van der Waals surface area contributed by atoms with E-state index in [1.165, 1.54) is 12.3 Å². The van der Waals surface area contributed by atoms with E-state index in [9.17, 15) is 13.6 Å². The molecule has 0 aliphatic carbocycles. The van der Waals surface area contributed by atoms with Crippen LogP contribution in [-0.2, 0) is 4.79 Å². The van der Waals surface area contributed by atoms with Crippen molar-refractivity contribution in [2.45, 2.75) is 13.0 Å². The van der Waals surface area contributed by atoms with Gasteiger partial charge in [0.2, 0.25) is 5.91 Å². The Morgan fingerprint density at radius 1 is 1.33 bits per heavy atom. The largest absolute Gasteiger partial charge is 0.434 e. The summed E-state index contributed by atoms with van der Waals surface area (Å²) in [6, 6.07) is 6.26. The Bertz CT molecular complexity index is 561. The lowest BCUT2D eigenvalue weighted by molar-refractivity contribution is -0.121. The SMILES string of the molecule is CN1CCN(CCC(=O)N/N=C\c2ccccc2OC(F)F)CC1. The molecule has 1 N–H and O–H groups in total. The maximum atomic E-state index is 12.3. The Hall–Kier alpha value is -2.06. The fraction of sp³-hybridized carbons (Fsp3) is 0.500. The van der Waals surface area contributed by atoms with Crippen LogP contribution in [0.1, 0.15) is 12.0 Å². The van der Waals surface area contributed by atoms with Crippen molar-refractivity contribution in [3.63, 3.8) is 0 Å². The Kier molecular flexibility index (Phi) is 7.07. The minimum Gasteiger partial charge on any atom is -0.434 e. The number of rotatable bonds is 7. The number of nitrogens with one attached hydrogen (secondary N) is 1. The fourth-order valence-corrected chi connectivity index (χ4v) is 2.35. The van der Waals surface area contributed by atoms with Crippen molar-refractivity contribution in [1.29, 1.82) is 0 Å². The van der Waals surface area contributed by atoms with E-state index in [0.717, 1.165) is 26.2 Å². The van der Waals surface area contributed by atoms with Crippen LogP contribution in [0.5, 0.6) is 5.75 Å². The van der Waals surface area contributed by atoms with Crippen molar-refractivity contribution in [2.75, 3.05) is 39.8 Å². The molecule has 1 aliphatic heterocycles. The lowest BCUT2D eigenvalue weighted by atomic mass is 10.2. The van der Waals surface area contributed by atoms with E-state index in [2.05, 4.69) is 32.1 Å².